The molecule has 1 rings (SSSR count). The Hall–Kier alpha value is -1.02. The van der Waals surface area contributed by atoms with Gasteiger partial charge in [-0.3, -0.25) is 0 Å². The molecule has 0 saturated carbocycles. The van der Waals surface area contributed by atoms with E-state index >= 15 is 0 Å². The number of hydrogen-bond donors (Lipinski definition) is 1. The fourth-order valence-electron chi connectivity index (χ4n) is 2.16. The predicted molar refractivity (Wildman–Crippen MR) is 83.0 cm³/mol. The first-order valence-electron chi connectivity index (χ1n) is 7.65. The SMILES string of the molecule is CCCCNCCCCCOc1c(C)cccc1C. The van der Waals surface area contributed by atoms with Crippen LogP contribution in [-0.2, 0) is 0 Å². The van der Waals surface area contributed by atoms with Gasteiger partial charge in [-0.15, -0.1) is 0 Å². The van der Waals surface area contributed by atoms with Gasteiger partial charge in [-0.25, -0.2) is 0 Å². The van der Waals surface area contributed by atoms with Gasteiger partial charge in [0.1, 0.15) is 5.75 Å². The average molecular weight is 263 g/mol. The lowest BCUT2D eigenvalue weighted by Crippen LogP contribution is -2.16. The summed E-state index contributed by atoms with van der Waals surface area (Å²) in [5.41, 5.74) is 2.47. The summed E-state index contributed by atoms with van der Waals surface area (Å²) in [6.07, 6.45) is 6.19. The van der Waals surface area contributed by atoms with Crippen LogP contribution in [0, 0.1) is 13.8 Å². The molecule has 0 aliphatic carbocycles. The Morgan fingerprint density at radius 3 is 2.32 bits per heavy atom. The second-order valence-electron chi connectivity index (χ2n) is 5.23. The molecule has 0 atom stereocenters. The summed E-state index contributed by atoms with van der Waals surface area (Å²) in [6.45, 7) is 9.59. The van der Waals surface area contributed by atoms with Crippen molar-refractivity contribution in [2.24, 2.45) is 0 Å². The predicted octanol–water partition coefficient (Wildman–Crippen LogP) is 4.24. The van der Waals surface area contributed by atoms with Gasteiger partial charge in [0.05, 0.1) is 6.61 Å². The molecule has 0 spiro atoms. The van der Waals surface area contributed by atoms with Crippen molar-refractivity contribution in [3.63, 3.8) is 0 Å². The molecule has 0 aliphatic rings. The number of aryl methyl sites for hydroxylation is 2. The maximum atomic E-state index is 5.89. The van der Waals surface area contributed by atoms with Gasteiger partial charge in [0.25, 0.3) is 0 Å². The van der Waals surface area contributed by atoms with Crippen LogP contribution in [0.5, 0.6) is 5.75 Å². The zero-order valence-electron chi connectivity index (χ0n) is 12.8. The number of nitrogens with one attached hydrogen (secondary N) is 1. The molecular formula is C17H29NO. The molecule has 108 valence electrons. The van der Waals surface area contributed by atoms with Crippen molar-refractivity contribution < 1.29 is 4.74 Å². The number of unbranched alkanes of at least 4 members (excludes halogenated alkanes) is 3. The van der Waals surface area contributed by atoms with Crippen molar-refractivity contribution in [3.8, 4) is 5.75 Å². The third-order valence-corrected chi connectivity index (χ3v) is 3.36. The van der Waals surface area contributed by atoms with Gasteiger partial charge in [0.15, 0.2) is 0 Å². The minimum absolute atomic E-state index is 0.834. The second kappa shape index (κ2) is 9.85. The summed E-state index contributed by atoms with van der Waals surface area (Å²) in [5, 5.41) is 3.47. The monoisotopic (exact) mass is 263 g/mol. The van der Waals surface area contributed by atoms with Crippen LogP contribution in [0.15, 0.2) is 18.2 Å². The van der Waals surface area contributed by atoms with Crippen molar-refractivity contribution in [2.75, 3.05) is 19.7 Å². The molecule has 1 N–H and O–H groups in total. The first kappa shape index (κ1) is 16.0. The van der Waals surface area contributed by atoms with Crippen molar-refractivity contribution in [3.05, 3.63) is 29.3 Å². The van der Waals surface area contributed by atoms with Crippen molar-refractivity contribution in [1.29, 1.82) is 0 Å². The highest BCUT2D eigenvalue weighted by Gasteiger charge is 2.02. The molecule has 1 aromatic carbocycles. The van der Waals surface area contributed by atoms with E-state index in [1.165, 1.54) is 36.8 Å². The minimum Gasteiger partial charge on any atom is -0.493 e. The average Bonchev–Trinajstić information content (AvgIpc) is 2.40. The van der Waals surface area contributed by atoms with Crippen LogP contribution in [0.25, 0.3) is 0 Å². The smallest absolute Gasteiger partial charge is 0.125 e. The lowest BCUT2D eigenvalue weighted by molar-refractivity contribution is 0.301. The third kappa shape index (κ3) is 6.63. The molecular weight excluding hydrogens is 234 g/mol. The zero-order valence-corrected chi connectivity index (χ0v) is 12.8. The van der Waals surface area contributed by atoms with Gasteiger partial charge in [-0.2, -0.15) is 0 Å². The van der Waals surface area contributed by atoms with Crippen molar-refractivity contribution >= 4 is 0 Å². The number of benzene rings is 1. The summed E-state index contributed by atoms with van der Waals surface area (Å²) in [7, 11) is 0. The third-order valence-electron chi connectivity index (χ3n) is 3.36. The van der Waals surface area contributed by atoms with E-state index in [2.05, 4.69) is 44.3 Å². The minimum atomic E-state index is 0.834. The number of rotatable bonds is 10. The Bertz CT molecular complexity index is 329. The Balaban J connectivity index is 2.05. The van der Waals surface area contributed by atoms with Gasteiger partial charge < -0.3 is 10.1 Å². The van der Waals surface area contributed by atoms with E-state index in [1.54, 1.807) is 0 Å². The van der Waals surface area contributed by atoms with Crippen LogP contribution in [0.4, 0.5) is 0 Å². The van der Waals surface area contributed by atoms with Gasteiger partial charge in [-0.05, 0) is 63.7 Å². The summed E-state index contributed by atoms with van der Waals surface area (Å²) in [5.74, 6) is 1.07. The first-order chi connectivity index (χ1) is 9.25. The fraction of sp³-hybridized carbons (Fsp3) is 0.647. The number of para-hydroxylation sites is 1. The molecule has 2 nitrogen and oxygen atoms in total. The number of hydrogen-bond acceptors (Lipinski definition) is 2. The fourth-order valence-corrected chi connectivity index (χ4v) is 2.16. The molecule has 0 radical (unpaired) electrons. The maximum absolute atomic E-state index is 5.89. The highest BCUT2D eigenvalue weighted by Crippen LogP contribution is 2.22. The largest absolute Gasteiger partial charge is 0.493 e. The van der Waals surface area contributed by atoms with E-state index in [9.17, 15) is 0 Å². The zero-order chi connectivity index (χ0) is 13.9. The Morgan fingerprint density at radius 1 is 0.947 bits per heavy atom. The van der Waals surface area contributed by atoms with Crippen LogP contribution >= 0.6 is 0 Å². The number of ether oxygens (including phenoxy) is 1. The summed E-state index contributed by atoms with van der Waals surface area (Å²) < 4.78 is 5.89. The summed E-state index contributed by atoms with van der Waals surface area (Å²) in [6, 6.07) is 6.31. The van der Waals surface area contributed by atoms with Gasteiger partial charge >= 0.3 is 0 Å². The quantitative estimate of drug-likeness (QED) is 0.637. The highest BCUT2D eigenvalue weighted by molar-refractivity contribution is 5.39. The molecule has 1 aromatic rings. The Morgan fingerprint density at radius 2 is 1.63 bits per heavy atom. The lowest BCUT2D eigenvalue weighted by Gasteiger charge is -2.11. The molecule has 0 amide bonds. The van der Waals surface area contributed by atoms with Gasteiger partial charge in [0.2, 0.25) is 0 Å². The van der Waals surface area contributed by atoms with Crippen molar-refractivity contribution in [1.82, 2.24) is 5.32 Å². The topological polar surface area (TPSA) is 21.3 Å². The molecule has 19 heavy (non-hydrogen) atoms. The van der Waals surface area contributed by atoms with Crippen LogP contribution in [0.1, 0.15) is 50.2 Å². The van der Waals surface area contributed by atoms with E-state index in [0.717, 1.165) is 31.9 Å². The molecule has 0 saturated heterocycles. The molecule has 0 aromatic heterocycles. The summed E-state index contributed by atoms with van der Waals surface area (Å²) >= 11 is 0. The second-order valence-corrected chi connectivity index (χ2v) is 5.23. The van der Waals surface area contributed by atoms with Gasteiger partial charge in [0, 0.05) is 0 Å². The van der Waals surface area contributed by atoms with E-state index in [4.69, 9.17) is 4.74 Å². The highest BCUT2D eigenvalue weighted by atomic mass is 16.5. The van der Waals surface area contributed by atoms with Crippen LogP contribution in [0.2, 0.25) is 0 Å². The molecule has 0 aliphatic heterocycles. The van der Waals surface area contributed by atoms with Crippen molar-refractivity contribution in [2.45, 2.75) is 52.9 Å². The molecule has 0 heterocycles. The molecule has 2 heteroatoms. The van der Waals surface area contributed by atoms with E-state index in [1.807, 2.05) is 0 Å². The maximum Gasteiger partial charge on any atom is 0.125 e. The lowest BCUT2D eigenvalue weighted by atomic mass is 10.1. The van der Waals surface area contributed by atoms with Crippen LogP contribution in [-0.4, -0.2) is 19.7 Å². The molecule has 0 fully saturated rings. The van der Waals surface area contributed by atoms with Crippen LogP contribution < -0.4 is 10.1 Å². The normalized spacial score (nSPS) is 10.7. The summed E-state index contributed by atoms with van der Waals surface area (Å²) in [4.78, 5) is 0. The molecule has 0 bridgehead atoms. The van der Waals surface area contributed by atoms with Gasteiger partial charge in [-0.1, -0.05) is 31.5 Å². The van der Waals surface area contributed by atoms with E-state index in [0.29, 0.717) is 0 Å². The molecule has 0 unspecified atom stereocenters. The van der Waals surface area contributed by atoms with E-state index < -0.39 is 0 Å². The Kier molecular flexibility index (Phi) is 8.31. The Labute approximate surface area is 118 Å². The standard InChI is InChI=1S/C17H29NO/c1-4-5-12-18-13-7-6-8-14-19-17-15(2)10-9-11-16(17)3/h9-11,18H,4-8,12-14H2,1-3H3. The van der Waals surface area contributed by atoms with Crippen LogP contribution in [0.3, 0.4) is 0 Å². The van der Waals surface area contributed by atoms with E-state index in [-0.39, 0.29) is 0 Å². The first-order valence-corrected chi connectivity index (χ1v) is 7.65.